The lowest BCUT2D eigenvalue weighted by molar-refractivity contribution is 0.0958. The maximum absolute atomic E-state index is 11.6. The van der Waals surface area contributed by atoms with E-state index in [-0.39, 0.29) is 17.5 Å². The Morgan fingerprint density at radius 1 is 1.14 bits per heavy atom. The summed E-state index contributed by atoms with van der Waals surface area (Å²) in [5, 5.41) is 12.7. The lowest BCUT2D eigenvalue weighted by atomic mass is 10.2. The largest absolute Gasteiger partial charge is 0.493 e. The third-order valence-electron chi connectivity index (χ3n) is 3.07. The topological polar surface area (TPSA) is 84.3 Å². The molecule has 3 rings (SSSR count). The van der Waals surface area contributed by atoms with Gasteiger partial charge in [-0.3, -0.25) is 9.78 Å². The maximum Gasteiger partial charge on any atom is 0.269 e. The summed E-state index contributed by atoms with van der Waals surface area (Å²) in [6.07, 6.45) is 1.51. The predicted molar refractivity (Wildman–Crippen MR) is 81.1 cm³/mol. The molecule has 2 heterocycles. The van der Waals surface area contributed by atoms with Crippen LogP contribution in [-0.2, 0) is 0 Å². The van der Waals surface area contributed by atoms with Crippen molar-refractivity contribution in [3.8, 4) is 17.4 Å². The molecule has 1 amide bonds. The highest BCUT2D eigenvalue weighted by molar-refractivity contribution is 5.92. The van der Waals surface area contributed by atoms with Gasteiger partial charge >= 0.3 is 0 Å². The van der Waals surface area contributed by atoms with Crippen LogP contribution in [0.25, 0.3) is 10.9 Å². The Morgan fingerprint density at radius 3 is 2.77 bits per heavy atom. The van der Waals surface area contributed by atoms with E-state index < -0.39 is 0 Å². The van der Waals surface area contributed by atoms with E-state index in [9.17, 15) is 9.90 Å². The average Bonchev–Trinajstić information content (AvgIpc) is 2.54. The molecule has 6 nitrogen and oxygen atoms in total. The molecule has 0 atom stereocenters. The Bertz CT molecular complexity index is 849. The SMILES string of the molecule is CNC(=O)c1cc(Oc2ccc3nc(O)ccc3c2)ccn1. The average molecular weight is 295 g/mol. The number of aromatic hydroxyl groups is 1. The molecule has 22 heavy (non-hydrogen) atoms. The summed E-state index contributed by atoms with van der Waals surface area (Å²) in [5.74, 6) is 0.822. The second-order valence-electron chi connectivity index (χ2n) is 4.58. The molecule has 0 unspecified atom stereocenters. The van der Waals surface area contributed by atoms with Crippen LogP contribution in [0, 0.1) is 0 Å². The Labute approximate surface area is 126 Å². The molecule has 3 aromatic rings. The molecule has 0 aliphatic heterocycles. The molecule has 0 spiro atoms. The van der Waals surface area contributed by atoms with E-state index in [2.05, 4.69) is 15.3 Å². The van der Waals surface area contributed by atoms with E-state index >= 15 is 0 Å². The number of pyridine rings is 2. The molecule has 0 aliphatic carbocycles. The Balaban J connectivity index is 1.89. The summed E-state index contributed by atoms with van der Waals surface area (Å²) in [5.41, 5.74) is 0.959. The van der Waals surface area contributed by atoms with Crippen LogP contribution >= 0.6 is 0 Å². The first-order chi connectivity index (χ1) is 10.7. The number of aromatic nitrogens is 2. The van der Waals surface area contributed by atoms with Crippen LogP contribution in [-0.4, -0.2) is 28.0 Å². The molecule has 0 fully saturated rings. The minimum Gasteiger partial charge on any atom is -0.493 e. The van der Waals surface area contributed by atoms with Crippen LogP contribution in [0.2, 0.25) is 0 Å². The number of fused-ring (bicyclic) bond motifs is 1. The van der Waals surface area contributed by atoms with Crippen molar-refractivity contribution in [2.75, 3.05) is 7.05 Å². The van der Waals surface area contributed by atoms with E-state index in [0.717, 1.165) is 5.39 Å². The molecule has 2 aromatic heterocycles. The smallest absolute Gasteiger partial charge is 0.269 e. The number of hydrogen-bond donors (Lipinski definition) is 2. The Morgan fingerprint density at radius 2 is 1.95 bits per heavy atom. The number of rotatable bonds is 3. The molecule has 0 bridgehead atoms. The second kappa shape index (κ2) is 5.69. The quantitative estimate of drug-likeness (QED) is 0.775. The van der Waals surface area contributed by atoms with E-state index in [4.69, 9.17) is 4.74 Å². The van der Waals surface area contributed by atoms with Gasteiger partial charge in [0, 0.05) is 30.8 Å². The standard InChI is InChI=1S/C16H13N3O3/c1-17-16(21)14-9-12(6-7-18-14)22-11-3-4-13-10(8-11)2-5-15(20)19-13/h2-9H,1H3,(H,17,21)(H,19,20). The van der Waals surface area contributed by atoms with E-state index in [1.165, 1.54) is 12.3 Å². The summed E-state index contributed by atoms with van der Waals surface area (Å²) in [4.78, 5) is 19.6. The number of nitrogens with one attached hydrogen (secondary N) is 1. The minimum atomic E-state index is -0.274. The highest BCUT2D eigenvalue weighted by Crippen LogP contribution is 2.26. The van der Waals surface area contributed by atoms with Crippen molar-refractivity contribution in [2.45, 2.75) is 0 Å². The van der Waals surface area contributed by atoms with Crippen molar-refractivity contribution in [1.82, 2.24) is 15.3 Å². The lowest BCUT2D eigenvalue weighted by Gasteiger charge is -2.08. The molecular formula is C16H13N3O3. The van der Waals surface area contributed by atoms with Crippen LogP contribution in [0.1, 0.15) is 10.5 Å². The fourth-order valence-corrected chi connectivity index (χ4v) is 2.02. The summed E-state index contributed by atoms with van der Waals surface area (Å²) >= 11 is 0. The summed E-state index contributed by atoms with van der Waals surface area (Å²) in [7, 11) is 1.54. The van der Waals surface area contributed by atoms with Crippen molar-refractivity contribution in [3.05, 3.63) is 54.4 Å². The fourth-order valence-electron chi connectivity index (χ4n) is 2.02. The summed E-state index contributed by atoms with van der Waals surface area (Å²) in [6, 6.07) is 11.8. The van der Waals surface area contributed by atoms with Gasteiger partial charge in [-0.2, -0.15) is 0 Å². The van der Waals surface area contributed by atoms with E-state index in [0.29, 0.717) is 17.0 Å². The third kappa shape index (κ3) is 2.80. The van der Waals surface area contributed by atoms with Crippen molar-refractivity contribution in [3.63, 3.8) is 0 Å². The van der Waals surface area contributed by atoms with Crippen LogP contribution in [0.5, 0.6) is 17.4 Å². The summed E-state index contributed by atoms with van der Waals surface area (Å²) in [6.45, 7) is 0. The Kier molecular flexibility index (Phi) is 3.57. The lowest BCUT2D eigenvalue weighted by Crippen LogP contribution is -2.18. The van der Waals surface area contributed by atoms with E-state index in [1.807, 2.05) is 6.07 Å². The van der Waals surface area contributed by atoms with Crippen LogP contribution in [0.3, 0.4) is 0 Å². The van der Waals surface area contributed by atoms with Crippen molar-refractivity contribution in [2.24, 2.45) is 0 Å². The zero-order valence-electron chi connectivity index (χ0n) is 11.8. The molecule has 110 valence electrons. The van der Waals surface area contributed by atoms with Gasteiger partial charge in [-0.25, -0.2) is 4.98 Å². The van der Waals surface area contributed by atoms with Gasteiger partial charge in [0.15, 0.2) is 0 Å². The second-order valence-corrected chi connectivity index (χ2v) is 4.58. The molecule has 0 saturated carbocycles. The predicted octanol–water partition coefficient (Wildman–Crippen LogP) is 2.49. The summed E-state index contributed by atoms with van der Waals surface area (Å²) < 4.78 is 5.74. The van der Waals surface area contributed by atoms with E-state index in [1.54, 1.807) is 37.4 Å². The molecule has 0 aliphatic rings. The van der Waals surface area contributed by atoms with Gasteiger partial charge in [0.25, 0.3) is 5.91 Å². The number of hydrogen-bond acceptors (Lipinski definition) is 5. The van der Waals surface area contributed by atoms with Crippen LogP contribution in [0.4, 0.5) is 0 Å². The zero-order valence-corrected chi connectivity index (χ0v) is 11.8. The number of carbonyl (C=O) groups excluding carboxylic acids is 1. The normalized spacial score (nSPS) is 10.4. The number of amides is 1. The molecule has 0 radical (unpaired) electrons. The first-order valence-electron chi connectivity index (χ1n) is 6.61. The first kappa shape index (κ1) is 13.8. The van der Waals surface area contributed by atoms with Crippen molar-refractivity contribution in [1.29, 1.82) is 0 Å². The van der Waals surface area contributed by atoms with Gasteiger partial charge in [-0.05, 0) is 30.3 Å². The highest BCUT2D eigenvalue weighted by atomic mass is 16.5. The van der Waals surface area contributed by atoms with Gasteiger partial charge in [-0.15, -0.1) is 0 Å². The van der Waals surface area contributed by atoms with Gasteiger partial charge in [0.1, 0.15) is 17.2 Å². The minimum absolute atomic E-state index is 0.0227. The highest BCUT2D eigenvalue weighted by Gasteiger charge is 2.07. The molecule has 0 saturated heterocycles. The number of carbonyl (C=O) groups is 1. The number of ether oxygens (including phenoxy) is 1. The first-order valence-corrected chi connectivity index (χ1v) is 6.61. The number of benzene rings is 1. The van der Waals surface area contributed by atoms with Gasteiger partial charge in [0.05, 0.1) is 5.52 Å². The van der Waals surface area contributed by atoms with Crippen molar-refractivity contribution >= 4 is 16.8 Å². The molecule has 1 aromatic carbocycles. The van der Waals surface area contributed by atoms with Crippen LogP contribution < -0.4 is 10.1 Å². The monoisotopic (exact) mass is 295 g/mol. The van der Waals surface area contributed by atoms with Gasteiger partial charge in [-0.1, -0.05) is 0 Å². The Hall–Kier alpha value is -3.15. The van der Waals surface area contributed by atoms with Gasteiger partial charge in [0.2, 0.25) is 5.88 Å². The van der Waals surface area contributed by atoms with Gasteiger partial charge < -0.3 is 15.2 Å². The fraction of sp³-hybridized carbons (Fsp3) is 0.0625. The molecule has 6 heteroatoms. The number of nitrogens with zero attached hydrogens (tertiary/aromatic N) is 2. The molecular weight excluding hydrogens is 282 g/mol. The maximum atomic E-state index is 11.6. The third-order valence-corrected chi connectivity index (χ3v) is 3.07. The van der Waals surface area contributed by atoms with Crippen LogP contribution in [0.15, 0.2) is 48.7 Å². The zero-order chi connectivity index (χ0) is 15.5. The molecule has 2 N–H and O–H groups in total. The van der Waals surface area contributed by atoms with Crippen molar-refractivity contribution < 1.29 is 14.6 Å².